The number of hydrogen-bond acceptors (Lipinski definition) is 5. The molecule has 0 spiro atoms. The Hall–Kier alpha value is -2.63. The summed E-state index contributed by atoms with van der Waals surface area (Å²) in [6.07, 6.45) is 4.14. The number of nitrogens with zero attached hydrogens (tertiary/aromatic N) is 3. The van der Waals surface area contributed by atoms with E-state index in [1.807, 2.05) is 18.2 Å². The third-order valence-electron chi connectivity index (χ3n) is 2.97. The highest BCUT2D eigenvalue weighted by Crippen LogP contribution is 2.14. The zero-order valence-corrected chi connectivity index (χ0v) is 11.0. The van der Waals surface area contributed by atoms with Gasteiger partial charge in [0.15, 0.2) is 11.5 Å². The van der Waals surface area contributed by atoms with Crippen molar-refractivity contribution in [1.29, 1.82) is 0 Å². The quantitative estimate of drug-likeness (QED) is 0.598. The zero-order valence-electron chi connectivity index (χ0n) is 11.0. The summed E-state index contributed by atoms with van der Waals surface area (Å²) >= 11 is 0. The summed E-state index contributed by atoms with van der Waals surface area (Å²) in [7, 11) is 0. The lowest BCUT2D eigenvalue weighted by atomic mass is 10.3. The van der Waals surface area contributed by atoms with Crippen molar-refractivity contribution in [2.24, 2.45) is 0 Å². The molecular weight excluding hydrogens is 252 g/mol. The number of benzene rings is 1. The number of hydrogen-bond donors (Lipinski definition) is 3. The Balaban J connectivity index is 1.47. The summed E-state index contributed by atoms with van der Waals surface area (Å²) in [5.41, 5.74) is 2.68. The van der Waals surface area contributed by atoms with E-state index in [2.05, 4.69) is 42.7 Å². The zero-order chi connectivity index (χ0) is 13.6. The van der Waals surface area contributed by atoms with Gasteiger partial charge in [-0.3, -0.25) is 0 Å². The second-order valence-electron chi connectivity index (χ2n) is 4.40. The third kappa shape index (κ3) is 2.85. The van der Waals surface area contributed by atoms with E-state index in [0.29, 0.717) is 5.65 Å². The van der Waals surface area contributed by atoms with E-state index < -0.39 is 0 Å². The molecule has 3 N–H and O–H groups in total. The van der Waals surface area contributed by atoms with Crippen LogP contribution in [0.25, 0.3) is 11.2 Å². The summed E-state index contributed by atoms with van der Waals surface area (Å²) < 4.78 is 0. The average molecular weight is 268 g/mol. The summed E-state index contributed by atoms with van der Waals surface area (Å²) in [6, 6.07) is 10.2. The molecule has 0 bridgehead atoms. The maximum atomic E-state index is 4.22. The Bertz CT molecular complexity index is 663. The molecule has 102 valence electrons. The predicted molar refractivity (Wildman–Crippen MR) is 79.7 cm³/mol. The molecule has 0 amide bonds. The summed E-state index contributed by atoms with van der Waals surface area (Å²) in [5.74, 6) is 0.798. The molecule has 3 aromatic rings. The third-order valence-corrected chi connectivity index (χ3v) is 2.97. The maximum absolute atomic E-state index is 4.22. The van der Waals surface area contributed by atoms with Crippen LogP contribution in [-0.2, 0) is 0 Å². The van der Waals surface area contributed by atoms with Gasteiger partial charge in [0.1, 0.15) is 11.8 Å². The Kier molecular flexibility index (Phi) is 3.73. The van der Waals surface area contributed by atoms with Crippen LogP contribution in [0, 0.1) is 0 Å². The molecule has 0 atom stereocenters. The topological polar surface area (TPSA) is 78.5 Å². The monoisotopic (exact) mass is 268 g/mol. The van der Waals surface area contributed by atoms with Crippen LogP contribution in [0.2, 0.25) is 0 Å². The van der Waals surface area contributed by atoms with E-state index in [1.165, 1.54) is 6.33 Å². The molecule has 0 unspecified atom stereocenters. The van der Waals surface area contributed by atoms with Crippen molar-refractivity contribution >= 4 is 22.7 Å². The van der Waals surface area contributed by atoms with E-state index in [4.69, 9.17) is 0 Å². The van der Waals surface area contributed by atoms with Crippen molar-refractivity contribution in [1.82, 2.24) is 19.9 Å². The van der Waals surface area contributed by atoms with Gasteiger partial charge in [-0.25, -0.2) is 15.0 Å². The number of imidazole rings is 1. The van der Waals surface area contributed by atoms with Gasteiger partial charge in [0.2, 0.25) is 0 Å². The van der Waals surface area contributed by atoms with E-state index in [0.717, 1.165) is 36.5 Å². The van der Waals surface area contributed by atoms with Crippen LogP contribution < -0.4 is 10.6 Å². The first-order valence-electron chi connectivity index (χ1n) is 6.60. The number of rotatable bonds is 6. The molecule has 6 heteroatoms. The smallest absolute Gasteiger partial charge is 0.182 e. The van der Waals surface area contributed by atoms with E-state index in [9.17, 15) is 0 Å². The molecule has 0 saturated carbocycles. The van der Waals surface area contributed by atoms with Gasteiger partial charge in [-0.15, -0.1) is 0 Å². The molecule has 0 aliphatic heterocycles. The second kappa shape index (κ2) is 6.01. The van der Waals surface area contributed by atoms with Gasteiger partial charge in [0.25, 0.3) is 0 Å². The number of aromatic nitrogens is 4. The maximum Gasteiger partial charge on any atom is 0.182 e. The van der Waals surface area contributed by atoms with Crippen molar-refractivity contribution in [2.75, 3.05) is 23.7 Å². The number of para-hydroxylation sites is 1. The molecule has 0 aliphatic rings. The van der Waals surface area contributed by atoms with Crippen molar-refractivity contribution in [2.45, 2.75) is 6.42 Å². The van der Waals surface area contributed by atoms with Gasteiger partial charge in [0.05, 0.1) is 6.33 Å². The van der Waals surface area contributed by atoms with Gasteiger partial charge in [-0.05, 0) is 18.6 Å². The predicted octanol–water partition coefficient (Wildman–Crippen LogP) is 2.27. The number of anilines is 2. The minimum Gasteiger partial charge on any atom is -0.385 e. The molecule has 3 rings (SSSR count). The van der Waals surface area contributed by atoms with Gasteiger partial charge in [-0.1, -0.05) is 18.2 Å². The van der Waals surface area contributed by atoms with Crippen LogP contribution in [0.4, 0.5) is 11.5 Å². The first-order valence-corrected chi connectivity index (χ1v) is 6.60. The minimum absolute atomic E-state index is 0.685. The van der Waals surface area contributed by atoms with E-state index in [1.54, 1.807) is 6.33 Å². The Morgan fingerprint density at radius 2 is 1.80 bits per heavy atom. The fourth-order valence-electron chi connectivity index (χ4n) is 1.98. The van der Waals surface area contributed by atoms with E-state index >= 15 is 0 Å². The second-order valence-corrected chi connectivity index (χ2v) is 4.40. The number of nitrogens with one attached hydrogen (secondary N) is 3. The van der Waals surface area contributed by atoms with Gasteiger partial charge in [0, 0.05) is 18.8 Å². The van der Waals surface area contributed by atoms with Gasteiger partial charge < -0.3 is 15.6 Å². The lowest BCUT2D eigenvalue weighted by molar-refractivity contribution is 0.904. The van der Waals surface area contributed by atoms with E-state index in [-0.39, 0.29) is 0 Å². The largest absolute Gasteiger partial charge is 0.385 e. The summed E-state index contributed by atoms with van der Waals surface area (Å²) in [6.45, 7) is 1.75. The number of fused-ring (bicyclic) bond motifs is 1. The molecule has 1 aromatic carbocycles. The fraction of sp³-hybridized carbons (Fsp3) is 0.214. The van der Waals surface area contributed by atoms with Crippen LogP contribution in [0.15, 0.2) is 43.0 Å². The van der Waals surface area contributed by atoms with Gasteiger partial charge >= 0.3 is 0 Å². The molecule has 20 heavy (non-hydrogen) atoms. The van der Waals surface area contributed by atoms with Crippen molar-refractivity contribution in [3.05, 3.63) is 43.0 Å². The summed E-state index contributed by atoms with van der Waals surface area (Å²) in [5, 5.41) is 6.67. The van der Waals surface area contributed by atoms with Crippen LogP contribution in [0.1, 0.15) is 6.42 Å². The minimum atomic E-state index is 0.685. The highest BCUT2D eigenvalue weighted by Gasteiger charge is 2.04. The van der Waals surface area contributed by atoms with Crippen molar-refractivity contribution in [3.63, 3.8) is 0 Å². The Labute approximate surface area is 116 Å². The van der Waals surface area contributed by atoms with Crippen molar-refractivity contribution < 1.29 is 0 Å². The van der Waals surface area contributed by atoms with Gasteiger partial charge in [-0.2, -0.15) is 0 Å². The fourth-order valence-corrected chi connectivity index (χ4v) is 1.98. The van der Waals surface area contributed by atoms with Crippen LogP contribution in [0.5, 0.6) is 0 Å². The normalized spacial score (nSPS) is 10.6. The van der Waals surface area contributed by atoms with Crippen LogP contribution in [-0.4, -0.2) is 33.0 Å². The molecule has 2 aromatic heterocycles. The lowest BCUT2D eigenvalue weighted by Gasteiger charge is -2.08. The molecule has 0 fully saturated rings. The molecular formula is C14H16N6. The average Bonchev–Trinajstić information content (AvgIpc) is 2.97. The Morgan fingerprint density at radius 3 is 2.70 bits per heavy atom. The SMILES string of the molecule is c1ccc(NCCCNc2ncnc3nc[nH]c23)cc1. The molecule has 0 saturated heterocycles. The highest BCUT2D eigenvalue weighted by atomic mass is 15.1. The van der Waals surface area contributed by atoms with Crippen LogP contribution >= 0.6 is 0 Å². The number of aromatic amines is 1. The first-order chi connectivity index (χ1) is 9.93. The molecule has 2 heterocycles. The standard InChI is InChI=1S/C14H16N6/c1-2-5-11(6-3-1)15-7-4-8-16-13-12-14(18-9-17-12)20-10-19-13/h1-3,5-6,9-10,15H,4,7-8H2,(H2,16,17,18,19,20). The highest BCUT2D eigenvalue weighted by molar-refractivity contribution is 5.81. The summed E-state index contributed by atoms with van der Waals surface area (Å²) in [4.78, 5) is 15.4. The lowest BCUT2D eigenvalue weighted by Crippen LogP contribution is -2.10. The van der Waals surface area contributed by atoms with Crippen molar-refractivity contribution in [3.8, 4) is 0 Å². The molecule has 0 aliphatic carbocycles. The first kappa shape index (κ1) is 12.4. The number of H-pyrrole nitrogens is 1. The molecule has 0 radical (unpaired) electrons. The van der Waals surface area contributed by atoms with Crippen LogP contribution in [0.3, 0.4) is 0 Å². The Morgan fingerprint density at radius 1 is 0.950 bits per heavy atom. The molecule has 6 nitrogen and oxygen atoms in total.